The molecule has 0 spiro atoms. The van der Waals surface area contributed by atoms with Crippen LogP contribution in [0.15, 0.2) is 73.1 Å². The first-order valence-corrected chi connectivity index (χ1v) is 13.6. The van der Waals surface area contributed by atoms with E-state index in [4.69, 9.17) is 0 Å². The molecular weight excluding hydrogens is 474 g/mol. The summed E-state index contributed by atoms with van der Waals surface area (Å²) in [5, 5.41) is 0. The number of benzene rings is 2. The highest BCUT2D eigenvalue weighted by atomic mass is 16.2. The summed E-state index contributed by atoms with van der Waals surface area (Å²) in [6.45, 7) is 10.1. The Balaban J connectivity index is 1.37. The van der Waals surface area contributed by atoms with E-state index in [0.717, 1.165) is 25.2 Å². The minimum absolute atomic E-state index is 0.0953. The summed E-state index contributed by atoms with van der Waals surface area (Å²) in [7, 11) is 0. The second kappa shape index (κ2) is 13.3. The molecule has 0 N–H and O–H groups in total. The Kier molecular flexibility index (Phi) is 9.60. The van der Waals surface area contributed by atoms with Crippen molar-refractivity contribution in [1.29, 1.82) is 0 Å². The van der Waals surface area contributed by atoms with Gasteiger partial charge in [0.1, 0.15) is 5.69 Å². The van der Waals surface area contributed by atoms with Gasteiger partial charge in [-0.2, -0.15) is 0 Å². The number of nitrogens with zero attached hydrogens (tertiary/aromatic N) is 5. The summed E-state index contributed by atoms with van der Waals surface area (Å²) in [6.07, 6.45) is 4.32. The largest absolute Gasteiger partial charge is 0.340 e. The van der Waals surface area contributed by atoms with Crippen LogP contribution >= 0.6 is 0 Å². The molecule has 1 aromatic heterocycles. The van der Waals surface area contributed by atoms with Gasteiger partial charge in [-0.15, -0.1) is 0 Å². The van der Waals surface area contributed by atoms with Crippen LogP contribution in [0.3, 0.4) is 0 Å². The molecule has 1 fully saturated rings. The zero-order valence-corrected chi connectivity index (χ0v) is 22.8. The van der Waals surface area contributed by atoms with Crippen molar-refractivity contribution in [2.75, 3.05) is 39.3 Å². The fourth-order valence-corrected chi connectivity index (χ4v) is 4.90. The van der Waals surface area contributed by atoms with Crippen molar-refractivity contribution in [1.82, 2.24) is 24.7 Å². The van der Waals surface area contributed by atoms with Crippen molar-refractivity contribution in [3.05, 3.63) is 95.6 Å². The maximum absolute atomic E-state index is 13.2. The number of rotatable bonds is 10. The molecule has 38 heavy (non-hydrogen) atoms. The summed E-state index contributed by atoms with van der Waals surface area (Å²) in [5.41, 5.74) is 3.62. The maximum atomic E-state index is 13.2. The molecule has 2 aromatic carbocycles. The van der Waals surface area contributed by atoms with Gasteiger partial charge in [0.05, 0.1) is 17.9 Å². The van der Waals surface area contributed by atoms with Gasteiger partial charge < -0.3 is 9.80 Å². The van der Waals surface area contributed by atoms with E-state index in [9.17, 15) is 9.59 Å². The van der Waals surface area contributed by atoms with Crippen LogP contribution in [0.4, 0.5) is 0 Å². The quantitative estimate of drug-likeness (QED) is 0.396. The van der Waals surface area contributed by atoms with E-state index in [1.54, 1.807) is 11.1 Å². The van der Waals surface area contributed by atoms with Crippen LogP contribution < -0.4 is 0 Å². The Bertz CT molecular complexity index is 1120. The van der Waals surface area contributed by atoms with Crippen molar-refractivity contribution in [2.45, 2.75) is 39.7 Å². The number of hydrogen-bond acceptors (Lipinski definition) is 5. The average Bonchev–Trinajstić information content (AvgIpc) is 2.94. The minimum Gasteiger partial charge on any atom is -0.340 e. The van der Waals surface area contributed by atoms with E-state index < -0.39 is 0 Å². The summed E-state index contributed by atoms with van der Waals surface area (Å²) >= 11 is 0. The molecule has 4 rings (SSSR count). The lowest BCUT2D eigenvalue weighted by atomic mass is 9.96. The number of piperazine rings is 1. The highest BCUT2D eigenvalue weighted by Crippen LogP contribution is 2.29. The first kappa shape index (κ1) is 27.5. The molecule has 1 aliphatic rings. The lowest BCUT2D eigenvalue weighted by Crippen LogP contribution is -2.50. The SMILES string of the molecule is Cc1cnc(C(=O)N(CCC(=O)N2CCN(C(c3ccccc3)c3ccccc3)CC2)CCC(C)C)cn1. The zero-order chi connectivity index (χ0) is 26.9. The van der Waals surface area contributed by atoms with Crippen LogP contribution in [0.5, 0.6) is 0 Å². The second-order valence-corrected chi connectivity index (χ2v) is 10.4. The number of hydrogen-bond donors (Lipinski definition) is 0. The molecule has 0 unspecified atom stereocenters. The predicted octanol–water partition coefficient (Wildman–Crippen LogP) is 4.60. The molecule has 2 heterocycles. The number of amides is 2. The fraction of sp³-hybridized carbons (Fsp3) is 0.419. The zero-order valence-electron chi connectivity index (χ0n) is 22.8. The van der Waals surface area contributed by atoms with E-state index in [-0.39, 0.29) is 17.9 Å². The molecule has 2 amide bonds. The molecular formula is C31H39N5O2. The van der Waals surface area contributed by atoms with Crippen molar-refractivity contribution in [2.24, 2.45) is 5.92 Å². The third-order valence-corrected chi connectivity index (χ3v) is 7.12. The second-order valence-electron chi connectivity index (χ2n) is 10.4. The van der Waals surface area contributed by atoms with Crippen LogP contribution in [0.25, 0.3) is 0 Å². The highest BCUT2D eigenvalue weighted by molar-refractivity contribution is 5.92. The van der Waals surface area contributed by atoms with E-state index in [0.29, 0.717) is 44.2 Å². The topological polar surface area (TPSA) is 69.6 Å². The Morgan fingerprint density at radius 1 is 0.842 bits per heavy atom. The monoisotopic (exact) mass is 513 g/mol. The van der Waals surface area contributed by atoms with Crippen LogP contribution in [-0.2, 0) is 4.79 Å². The third kappa shape index (κ3) is 7.25. The average molecular weight is 514 g/mol. The summed E-state index contributed by atoms with van der Waals surface area (Å²) in [4.78, 5) is 41.0. The van der Waals surface area contributed by atoms with Crippen LogP contribution in [0.1, 0.15) is 60.0 Å². The van der Waals surface area contributed by atoms with Gasteiger partial charge in [0.25, 0.3) is 5.91 Å². The Labute approximate surface area is 226 Å². The van der Waals surface area contributed by atoms with Crippen LogP contribution in [0.2, 0.25) is 0 Å². The molecule has 0 aliphatic carbocycles. The van der Waals surface area contributed by atoms with Crippen LogP contribution in [-0.4, -0.2) is 75.8 Å². The van der Waals surface area contributed by atoms with Gasteiger partial charge in [-0.25, -0.2) is 4.98 Å². The summed E-state index contributed by atoms with van der Waals surface area (Å²) < 4.78 is 0. The van der Waals surface area contributed by atoms with Crippen molar-refractivity contribution in [3.63, 3.8) is 0 Å². The highest BCUT2D eigenvalue weighted by Gasteiger charge is 2.28. The molecule has 0 saturated carbocycles. The van der Waals surface area contributed by atoms with Crippen molar-refractivity contribution in [3.8, 4) is 0 Å². The molecule has 3 aromatic rings. The number of carbonyl (C=O) groups is 2. The summed E-state index contributed by atoms with van der Waals surface area (Å²) in [6, 6.07) is 21.3. The number of aromatic nitrogens is 2. The molecule has 0 atom stereocenters. The van der Waals surface area contributed by atoms with Gasteiger partial charge >= 0.3 is 0 Å². The number of aryl methyl sites for hydroxylation is 1. The summed E-state index contributed by atoms with van der Waals surface area (Å²) in [5.74, 6) is 0.391. The van der Waals surface area contributed by atoms with E-state index >= 15 is 0 Å². The van der Waals surface area contributed by atoms with E-state index in [1.807, 2.05) is 24.0 Å². The molecule has 7 heteroatoms. The predicted molar refractivity (Wildman–Crippen MR) is 150 cm³/mol. The fourth-order valence-electron chi connectivity index (χ4n) is 4.90. The van der Waals surface area contributed by atoms with Gasteiger partial charge in [-0.3, -0.25) is 19.5 Å². The molecule has 200 valence electrons. The maximum Gasteiger partial charge on any atom is 0.274 e. The molecule has 0 radical (unpaired) electrons. The van der Waals surface area contributed by atoms with Crippen molar-refractivity contribution >= 4 is 11.8 Å². The number of carbonyl (C=O) groups excluding carboxylic acids is 2. The Morgan fingerprint density at radius 3 is 1.97 bits per heavy atom. The molecule has 1 saturated heterocycles. The Morgan fingerprint density at radius 2 is 1.45 bits per heavy atom. The van der Waals surface area contributed by atoms with Gasteiger partial charge in [0, 0.05) is 51.9 Å². The van der Waals surface area contributed by atoms with Gasteiger partial charge in [0.15, 0.2) is 0 Å². The standard InChI is InChI=1S/C31H39N5O2/c1-24(2)14-16-36(31(38)28-23-32-25(3)22-33-28)17-15-29(37)34-18-20-35(21-19-34)30(26-10-6-4-7-11-26)27-12-8-5-9-13-27/h4-13,22-24,30H,14-21H2,1-3H3. The minimum atomic E-state index is -0.163. The van der Waals surface area contributed by atoms with Gasteiger partial charge in [-0.05, 0) is 30.4 Å². The Hall–Kier alpha value is -3.58. The molecule has 1 aliphatic heterocycles. The molecule has 0 bridgehead atoms. The smallest absolute Gasteiger partial charge is 0.274 e. The normalized spacial score (nSPS) is 14.2. The van der Waals surface area contributed by atoms with E-state index in [1.165, 1.54) is 17.3 Å². The third-order valence-electron chi connectivity index (χ3n) is 7.12. The molecule has 7 nitrogen and oxygen atoms in total. The first-order chi connectivity index (χ1) is 18.4. The first-order valence-electron chi connectivity index (χ1n) is 13.6. The lowest BCUT2D eigenvalue weighted by Gasteiger charge is -2.40. The van der Waals surface area contributed by atoms with Gasteiger partial charge in [-0.1, -0.05) is 74.5 Å². The lowest BCUT2D eigenvalue weighted by molar-refractivity contribution is -0.133. The van der Waals surface area contributed by atoms with Gasteiger partial charge in [0.2, 0.25) is 5.91 Å². The van der Waals surface area contributed by atoms with E-state index in [2.05, 4.69) is 77.2 Å². The van der Waals surface area contributed by atoms with Crippen LogP contribution in [0, 0.1) is 12.8 Å². The van der Waals surface area contributed by atoms with Crippen molar-refractivity contribution < 1.29 is 9.59 Å².